The first-order valence-corrected chi connectivity index (χ1v) is 11.9. The fourth-order valence-electron chi connectivity index (χ4n) is 3.38. The summed E-state index contributed by atoms with van der Waals surface area (Å²) in [4.78, 5) is 31.0. The van der Waals surface area contributed by atoms with Crippen LogP contribution in [0, 0.1) is 5.82 Å². The number of nitrogens with zero attached hydrogens (tertiary/aromatic N) is 2. The standard InChI is InChI=1S/C23H22FN3O2S2/c1-15-13-19-21(31-15)22(29)27(12-11-16-5-3-2-4-6-16)23(26-19)30-14-20(28)25-18-9-7-17(24)8-10-18/h2-10,15H,11-14H2,1H3,(H,25,28)/t15-/m1/s1. The second-order valence-corrected chi connectivity index (χ2v) is 9.73. The Labute approximate surface area is 188 Å². The molecule has 1 aliphatic heterocycles. The van der Waals surface area contributed by atoms with E-state index in [1.807, 2.05) is 30.3 Å². The summed E-state index contributed by atoms with van der Waals surface area (Å²) in [7, 11) is 0. The van der Waals surface area contributed by atoms with Crippen molar-refractivity contribution in [3.8, 4) is 0 Å². The van der Waals surface area contributed by atoms with E-state index in [1.54, 1.807) is 16.3 Å². The second kappa shape index (κ2) is 9.70. The van der Waals surface area contributed by atoms with Gasteiger partial charge in [0, 0.05) is 23.9 Å². The van der Waals surface area contributed by atoms with Gasteiger partial charge in [-0.05, 0) is 36.2 Å². The summed E-state index contributed by atoms with van der Waals surface area (Å²) in [5, 5.41) is 3.62. The molecule has 5 nitrogen and oxygen atoms in total. The molecule has 1 N–H and O–H groups in total. The van der Waals surface area contributed by atoms with Crippen LogP contribution in [0.25, 0.3) is 0 Å². The van der Waals surface area contributed by atoms with Gasteiger partial charge in [-0.25, -0.2) is 9.37 Å². The number of hydrogen-bond donors (Lipinski definition) is 1. The molecule has 160 valence electrons. The lowest BCUT2D eigenvalue weighted by molar-refractivity contribution is -0.113. The van der Waals surface area contributed by atoms with Crippen LogP contribution >= 0.6 is 23.5 Å². The van der Waals surface area contributed by atoms with Crippen LogP contribution in [0.4, 0.5) is 10.1 Å². The highest BCUT2D eigenvalue weighted by atomic mass is 32.2. The van der Waals surface area contributed by atoms with Crippen molar-refractivity contribution >= 4 is 35.1 Å². The number of nitrogens with one attached hydrogen (secondary N) is 1. The molecule has 1 amide bonds. The molecule has 8 heteroatoms. The zero-order chi connectivity index (χ0) is 21.8. The van der Waals surface area contributed by atoms with Crippen LogP contribution in [-0.4, -0.2) is 26.5 Å². The zero-order valence-corrected chi connectivity index (χ0v) is 18.6. The van der Waals surface area contributed by atoms with Crippen molar-refractivity contribution in [3.05, 3.63) is 82.0 Å². The van der Waals surface area contributed by atoms with Crippen LogP contribution < -0.4 is 10.9 Å². The summed E-state index contributed by atoms with van der Waals surface area (Å²) in [6, 6.07) is 15.6. The van der Waals surface area contributed by atoms with Crippen molar-refractivity contribution in [1.82, 2.24) is 9.55 Å². The molecule has 0 fully saturated rings. The Morgan fingerprint density at radius 1 is 1.23 bits per heavy atom. The third-order valence-corrected chi connectivity index (χ3v) is 7.08. The Hall–Kier alpha value is -2.58. The van der Waals surface area contributed by atoms with E-state index in [1.165, 1.54) is 36.0 Å². The molecular weight excluding hydrogens is 433 g/mol. The number of hydrogen-bond acceptors (Lipinski definition) is 5. The van der Waals surface area contributed by atoms with E-state index in [-0.39, 0.29) is 23.0 Å². The van der Waals surface area contributed by atoms with Gasteiger partial charge in [0.15, 0.2) is 5.16 Å². The summed E-state index contributed by atoms with van der Waals surface area (Å²) in [6.07, 6.45) is 1.46. The van der Waals surface area contributed by atoms with Gasteiger partial charge in [-0.2, -0.15) is 0 Å². The highest BCUT2D eigenvalue weighted by Crippen LogP contribution is 2.34. The molecule has 0 saturated carbocycles. The SMILES string of the molecule is C[C@@H]1Cc2nc(SCC(=O)Nc3ccc(F)cc3)n(CCc3ccccc3)c(=O)c2S1. The van der Waals surface area contributed by atoms with E-state index in [0.717, 1.165) is 22.6 Å². The molecule has 0 radical (unpaired) electrons. The molecule has 31 heavy (non-hydrogen) atoms. The van der Waals surface area contributed by atoms with E-state index in [9.17, 15) is 14.0 Å². The smallest absolute Gasteiger partial charge is 0.268 e. The fraction of sp³-hybridized carbons (Fsp3) is 0.261. The van der Waals surface area contributed by atoms with E-state index < -0.39 is 0 Å². The molecule has 4 rings (SSSR count). The third-order valence-electron chi connectivity index (χ3n) is 4.89. The summed E-state index contributed by atoms with van der Waals surface area (Å²) >= 11 is 2.83. The van der Waals surface area contributed by atoms with E-state index in [4.69, 9.17) is 4.98 Å². The van der Waals surface area contributed by atoms with Gasteiger partial charge in [-0.3, -0.25) is 14.2 Å². The first kappa shape index (κ1) is 21.6. The molecule has 2 aromatic carbocycles. The largest absolute Gasteiger partial charge is 0.325 e. The first-order chi connectivity index (χ1) is 15.0. The van der Waals surface area contributed by atoms with Crippen molar-refractivity contribution in [1.29, 1.82) is 0 Å². The van der Waals surface area contributed by atoms with E-state index in [2.05, 4.69) is 12.2 Å². The molecule has 1 aromatic heterocycles. The van der Waals surface area contributed by atoms with Crippen LogP contribution in [-0.2, 0) is 24.2 Å². The quantitative estimate of drug-likeness (QED) is 0.423. The maximum atomic E-state index is 13.2. The predicted molar refractivity (Wildman–Crippen MR) is 123 cm³/mol. The zero-order valence-electron chi connectivity index (χ0n) is 17.0. The van der Waals surface area contributed by atoms with E-state index >= 15 is 0 Å². The van der Waals surface area contributed by atoms with Crippen molar-refractivity contribution < 1.29 is 9.18 Å². The number of anilines is 1. The Morgan fingerprint density at radius 2 is 1.97 bits per heavy atom. The number of fused-ring (bicyclic) bond motifs is 1. The number of rotatable bonds is 7. The number of carbonyl (C=O) groups is 1. The number of aromatic nitrogens is 2. The molecular formula is C23H22FN3O2S2. The molecule has 0 bridgehead atoms. The number of halogens is 1. The molecule has 0 spiro atoms. The van der Waals surface area contributed by atoms with Crippen molar-refractivity contribution in [2.45, 2.75) is 41.6 Å². The van der Waals surface area contributed by atoms with Crippen molar-refractivity contribution in [3.63, 3.8) is 0 Å². The number of thioether (sulfide) groups is 2. The molecule has 0 saturated heterocycles. The van der Waals surface area contributed by atoms with Gasteiger partial charge in [0.05, 0.1) is 16.3 Å². The highest BCUT2D eigenvalue weighted by molar-refractivity contribution is 8.00. The molecule has 0 unspecified atom stereocenters. The fourth-order valence-corrected chi connectivity index (χ4v) is 5.34. The summed E-state index contributed by atoms with van der Waals surface area (Å²) in [5.74, 6) is -0.482. The lowest BCUT2D eigenvalue weighted by atomic mass is 10.1. The number of carbonyl (C=O) groups excluding carboxylic acids is 1. The Balaban J connectivity index is 1.51. The van der Waals surface area contributed by atoms with Gasteiger partial charge in [-0.1, -0.05) is 49.0 Å². The third kappa shape index (κ3) is 5.37. The lowest BCUT2D eigenvalue weighted by Gasteiger charge is -2.14. The molecule has 2 heterocycles. The first-order valence-electron chi connectivity index (χ1n) is 10.0. The molecule has 1 atom stereocenters. The summed E-state index contributed by atoms with van der Waals surface area (Å²) in [6.45, 7) is 2.59. The highest BCUT2D eigenvalue weighted by Gasteiger charge is 2.26. The van der Waals surface area contributed by atoms with E-state index in [0.29, 0.717) is 29.1 Å². The number of benzene rings is 2. The molecule has 1 aliphatic rings. The van der Waals surface area contributed by atoms with Crippen LogP contribution in [0.5, 0.6) is 0 Å². The van der Waals surface area contributed by atoms with Crippen LogP contribution in [0.1, 0.15) is 18.2 Å². The maximum absolute atomic E-state index is 13.2. The van der Waals surface area contributed by atoms with Crippen LogP contribution in [0.3, 0.4) is 0 Å². The van der Waals surface area contributed by atoms with Gasteiger partial charge in [0.25, 0.3) is 5.56 Å². The Bertz CT molecular complexity index is 1130. The summed E-state index contributed by atoms with van der Waals surface area (Å²) < 4.78 is 14.7. The minimum atomic E-state index is -0.357. The number of aryl methyl sites for hydroxylation is 1. The normalized spacial score (nSPS) is 15.0. The van der Waals surface area contributed by atoms with Crippen molar-refractivity contribution in [2.75, 3.05) is 11.1 Å². The van der Waals surface area contributed by atoms with Gasteiger partial charge in [-0.15, -0.1) is 11.8 Å². The Kier molecular flexibility index (Phi) is 6.77. The Morgan fingerprint density at radius 3 is 2.71 bits per heavy atom. The van der Waals surface area contributed by atoms with Gasteiger partial charge < -0.3 is 5.32 Å². The van der Waals surface area contributed by atoms with Gasteiger partial charge in [0.2, 0.25) is 5.91 Å². The van der Waals surface area contributed by atoms with Crippen LogP contribution in [0.2, 0.25) is 0 Å². The minimum Gasteiger partial charge on any atom is -0.325 e. The number of amides is 1. The molecule has 3 aromatic rings. The monoisotopic (exact) mass is 455 g/mol. The lowest BCUT2D eigenvalue weighted by Crippen LogP contribution is -2.27. The average Bonchev–Trinajstić information content (AvgIpc) is 3.14. The topological polar surface area (TPSA) is 64.0 Å². The molecule has 0 aliphatic carbocycles. The minimum absolute atomic E-state index is 0.0308. The van der Waals surface area contributed by atoms with Gasteiger partial charge >= 0.3 is 0 Å². The van der Waals surface area contributed by atoms with Crippen molar-refractivity contribution in [2.24, 2.45) is 0 Å². The average molecular weight is 456 g/mol. The summed E-state index contributed by atoms with van der Waals surface area (Å²) in [5.41, 5.74) is 2.46. The van der Waals surface area contributed by atoms with Crippen LogP contribution in [0.15, 0.2) is 69.4 Å². The second-order valence-electron chi connectivity index (χ2n) is 7.34. The maximum Gasteiger partial charge on any atom is 0.268 e. The van der Waals surface area contributed by atoms with Gasteiger partial charge in [0.1, 0.15) is 5.82 Å². The predicted octanol–water partition coefficient (Wildman–Crippen LogP) is 4.39.